The van der Waals surface area contributed by atoms with E-state index in [9.17, 15) is 13.2 Å². The van der Waals surface area contributed by atoms with Gasteiger partial charge < -0.3 is 19.5 Å². The molecule has 2 amide bonds. The molecule has 0 bridgehead atoms. The summed E-state index contributed by atoms with van der Waals surface area (Å²) < 4.78 is 35.2. The quantitative estimate of drug-likeness (QED) is 0.636. The van der Waals surface area contributed by atoms with Crippen molar-refractivity contribution in [1.29, 1.82) is 0 Å². The number of fused-ring (bicyclic) bond motifs is 1. The third-order valence-electron chi connectivity index (χ3n) is 5.80. The molecule has 1 aliphatic rings. The van der Waals surface area contributed by atoms with Gasteiger partial charge in [-0.25, -0.2) is 13.2 Å². The van der Waals surface area contributed by atoms with E-state index in [0.29, 0.717) is 37.5 Å². The smallest absolute Gasteiger partial charge is 0.321 e. The maximum Gasteiger partial charge on any atom is 0.321 e. The average molecular weight is 457 g/mol. The Morgan fingerprint density at radius 3 is 2.53 bits per heavy atom. The summed E-state index contributed by atoms with van der Waals surface area (Å²) in [7, 11) is -2.05. The molecule has 1 N–H and O–H groups in total. The van der Waals surface area contributed by atoms with Gasteiger partial charge >= 0.3 is 6.03 Å². The van der Waals surface area contributed by atoms with Crippen LogP contribution in [0.5, 0.6) is 5.75 Å². The normalized spacial score (nSPS) is 15.5. The van der Waals surface area contributed by atoms with Crippen molar-refractivity contribution in [2.24, 2.45) is 0 Å². The fourth-order valence-corrected chi connectivity index (χ4v) is 5.48. The number of urea groups is 1. The van der Waals surface area contributed by atoms with Crippen molar-refractivity contribution in [3.05, 3.63) is 54.7 Å². The summed E-state index contributed by atoms with van der Waals surface area (Å²) in [5.74, 6) is 0.711. The average Bonchev–Trinajstić information content (AvgIpc) is 3.04. The second-order valence-electron chi connectivity index (χ2n) is 7.73. The Kier molecular flexibility index (Phi) is 6.38. The van der Waals surface area contributed by atoms with Crippen LogP contribution >= 0.6 is 0 Å². The van der Waals surface area contributed by atoms with Gasteiger partial charge in [-0.05, 0) is 61.9 Å². The maximum absolute atomic E-state index is 13.3. The number of nitrogens with one attached hydrogen (secondary N) is 1. The Morgan fingerprint density at radius 1 is 1.03 bits per heavy atom. The number of hydrogen-bond acceptors (Lipinski definition) is 4. The molecular weight excluding hydrogens is 428 g/mol. The number of ether oxygens (including phenoxy) is 1. The van der Waals surface area contributed by atoms with Crippen molar-refractivity contribution in [2.45, 2.75) is 24.8 Å². The van der Waals surface area contributed by atoms with Gasteiger partial charge in [0.15, 0.2) is 0 Å². The van der Waals surface area contributed by atoms with Crippen LogP contribution in [0.3, 0.4) is 0 Å². The molecule has 1 saturated heterocycles. The molecule has 0 spiro atoms. The third kappa shape index (κ3) is 4.44. The summed E-state index contributed by atoms with van der Waals surface area (Å²) in [6.07, 6.45) is 2.54. The molecule has 3 aromatic rings. The van der Waals surface area contributed by atoms with Crippen LogP contribution in [0.15, 0.2) is 59.6 Å². The minimum absolute atomic E-state index is 0.239. The van der Waals surface area contributed by atoms with Crippen LogP contribution in [0.25, 0.3) is 10.9 Å². The number of carbonyl (C=O) groups excluding carboxylic acids is 1. The van der Waals surface area contributed by atoms with Crippen molar-refractivity contribution >= 4 is 32.6 Å². The molecular formula is C23H28N4O4S. The Bertz CT molecular complexity index is 1200. The second-order valence-corrected chi connectivity index (χ2v) is 9.66. The molecule has 2 heterocycles. The topological polar surface area (TPSA) is 83.9 Å². The van der Waals surface area contributed by atoms with Crippen LogP contribution in [0.1, 0.15) is 13.3 Å². The van der Waals surface area contributed by atoms with Gasteiger partial charge in [0.05, 0.1) is 12.0 Å². The predicted molar refractivity (Wildman–Crippen MR) is 125 cm³/mol. The maximum atomic E-state index is 13.3. The number of benzene rings is 2. The molecule has 170 valence electrons. The zero-order valence-corrected chi connectivity index (χ0v) is 19.1. The van der Waals surface area contributed by atoms with E-state index in [0.717, 1.165) is 17.4 Å². The molecule has 32 heavy (non-hydrogen) atoms. The molecule has 1 fully saturated rings. The van der Waals surface area contributed by atoms with E-state index in [-0.39, 0.29) is 17.5 Å². The van der Waals surface area contributed by atoms with Crippen LogP contribution in [0, 0.1) is 0 Å². The van der Waals surface area contributed by atoms with Crippen molar-refractivity contribution in [2.75, 3.05) is 38.6 Å². The third-order valence-corrected chi connectivity index (χ3v) is 7.70. The van der Waals surface area contributed by atoms with Crippen LogP contribution in [-0.2, 0) is 16.6 Å². The molecule has 9 heteroatoms. The van der Waals surface area contributed by atoms with E-state index < -0.39 is 10.0 Å². The van der Waals surface area contributed by atoms with Crippen LogP contribution in [-0.4, -0.2) is 61.5 Å². The van der Waals surface area contributed by atoms with Gasteiger partial charge in [0.2, 0.25) is 10.0 Å². The van der Waals surface area contributed by atoms with E-state index in [4.69, 9.17) is 4.74 Å². The second kappa shape index (κ2) is 9.22. The lowest BCUT2D eigenvalue weighted by Gasteiger charge is -2.22. The zero-order chi connectivity index (χ0) is 22.7. The summed E-state index contributed by atoms with van der Waals surface area (Å²) in [6, 6.07) is 14.1. The van der Waals surface area contributed by atoms with Crippen molar-refractivity contribution in [3.63, 3.8) is 0 Å². The molecule has 0 unspecified atom stereocenters. The molecule has 4 rings (SSSR count). The first-order valence-electron chi connectivity index (χ1n) is 10.7. The highest BCUT2D eigenvalue weighted by Crippen LogP contribution is 2.24. The van der Waals surface area contributed by atoms with Crippen LogP contribution in [0.2, 0.25) is 0 Å². The molecule has 0 saturated carbocycles. The fraction of sp³-hybridized carbons (Fsp3) is 0.348. The van der Waals surface area contributed by atoms with E-state index in [1.54, 1.807) is 48.4 Å². The van der Waals surface area contributed by atoms with E-state index in [1.807, 2.05) is 18.3 Å². The number of amides is 2. The Labute approximate surface area is 188 Å². The number of anilines is 1. The summed E-state index contributed by atoms with van der Waals surface area (Å²) in [5, 5.41) is 3.77. The number of aryl methyl sites for hydroxylation is 1. The van der Waals surface area contributed by atoms with Gasteiger partial charge in [-0.2, -0.15) is 4.31 Å². The first-order valence-corrected chi connectivity index (χ1v) is 12.2. The lowest BCUT2D eigenvalue weighted by molar-refractivity contribution is 0.214. The van der Waals surface area contributed by atoms with Gasteiger partial charge in [0.1, 0.15) is 5.75 Å². The monoisotopic (exact) mass is 456 g/mol. The number of sulfonamides is 1. The Hall–Kier alpha value is -3.04. The van der Waals surface area contributed by atoms with E-state index in [2.05, 4.69) is 16.8 Å². The van der Waals surface area contributed by atoms with Crippen LogP contribution < -0.4 is 10.1 Å². The zero-order valence-electron chi connectivity index (χ0n) is 18.3. The first kappa shape index (κ1) is 22.2. The number of methoxy groups -OCH3 is 1. The molecule has 8 nitrogen and oxygen atoms in total. The highest BCUT2D eigenvalue weighted by Gasteiger charge is 2.28. The summed E-state index contributed by atoms with van der Waals surface area (Å²) in [6.45, 7) is 4.34. The standard InChI is InChI=1S/C23H28N4O4S/c1-3-25-14-11-18-17-21(9-10-22(18)25)32(29,30)27-13-4-12-26(15-16-27)23(28)24-19-5-7-20(31-2)8-6-19/h5-11,14,17H,3-4,12-13,15-16H2,1-2H3,(H,24,28). The number of nitrogens with zero attached hydrogens (tertiary/aromatic N) is 3. The first-order chi connectivity index (χ1) is 15.4. The molecule has 2 aromatic carbocycles. The van der Waals surface area contributed by atoms with Gasteiger partial charge in [-0.1, -0.05) is 0 Å². The number of carbonyl (C=O) groups is 1. The summed E-state index contributed by atoms with van der Waals surface area (Å²) in [4.78, 5) is 14.6. The van der Waals surface area contributed by atoms with Crippen molar-refractivity contribution < 1.29 is 17.9 Å². The van der Waals surface area contributed by atoms with Crippen molar-refractivity contribution in [3.8, 4) is 5.75 Å². The number of hydrogen-bond donors (Lipinski definition) is 1. The van der Waals surface area contributed by atoms with Gasteiger partial charge in [-0.3, -0.25) is 0 Å². The largest absolute Gasteiger partial charge is 0.497 e. The fourth-order valence-electron chi connectivity index (χ4n) is 3.98. The van der Waals surface area contributed by atoms with Gasteiger partial charge in [0.25, 0.3) is 0 Å². The predicted octanol–water partition coefficient (Wildman–Crippen LogP) is 3.60. The molecule has 0 atom stereocenters. The lowest BCUT2D eigenvalue weighted by atomic mass is 10.2. The summed E-state index contributed by atoms with van der Waals surface area (Å²) in [5.41, 5.74) is 1.68. The molecule has 1 aromatic heterocycles. The molecule has 1 aliphatic heterocycles. The molecule has 0 aliphatic carbocycles. The number of rotatable bonds is 5. The molecule has 0 radical (unpaired) electrons. The minimum atomic E-state index is -3.64. The highest BCUT2D eigenvalue weighted by molar-refractivity contribution is 7.89. The summed E-state index contributed by atoms with van der Waals surface area (Å²) >= 11 is 0. The van der Waals surface area contributed by atoms with Crippen molar-refractivity contribution in [1.82, 2.24) is 13.8 Å². The SMILES string of the molecule is CCn1ccc2cc(S(=O)(=O)N3CCCN(C(=O)Nc4ccc(OC)cc4)CC3)ccc21. The Balaban J connectivity index is 1.44. The Morgan fingerprint density at radius 2 is 1.81 bits per heavy atom. The highest BCUT2D eigenvalue weighted by atomic mass is 32.2. The van der Waals surface area contributed by atoms with Crippen LogP contribution in [0.4, 0.5) is 10.5 Å². The number of aromatic nitrogens is 1. The van der Waals surface area contributed by atoms with E-state index in [1.165, 1.54) is 4.31 Å². The lowest BCUT2D eigenvalue weighted by Crippen LogP contribution is -2.39. The minimum Gasteiger partial charge on any atom is -0.497 e. The van der Waals surface area contributed by atoms with Gasteiger partial charge in [0, 0.05) is 55.5 Å². The van der Waals surface area contributed by atoms with E-state index >= 15 is 0 Å². The van der Waals surface area contributed by atoms with Gasteiger partial charge in [-0.15, -0.1) is 0 Å².